The number of H-pyrrole nitrogens is 1. The Morgan fingerprint density at radius 1 is 1.13 bits per heavy atom. The van der Waals surface area contributed by atoms with Crippen molar-refractivity contribution in [1.82, 2.24) is 4.98 Å². The molecule has 116 valence electrons. The molecule has 0 fully saturated rings. The maximum absolute atomic E-state index is 12.7. The zero-order valence-electron chi connectivity index (χ0n) is 12.4. The van der Waals surface area contributed by atoms with Gasteiger partial charge in [-0.05, 0) is 23.8 Å². The summed E-state index contributed by atoms with van der Waals surface area (Å²) in [7, 11) is 1.32. The van der Waals surface area contributed by atoms with E-state index in [2.05, 4.69) is 4.98 Å². The quantitative estimate of drug-likeness (QED) is 0.445. The van der Waals surface area contributed by atoms with Crippen LogP contribution in [0.25, 0.3) is 10.9 Å². The second-order valence-electron chi connectivity index (χ2n) is 5.09. The van der Waals surface area contributed by atoms with Crippen molar-refractivity contribution in [3.63, 3.8) is 0 Å². The van der Waals surface area contributed by atoms with E-state index in [1.54, 1.807) is 24.4 Å². The van der Waals surface area contributed by atoms with Crippen LogP contribution in [0.4, 0.5) is 0 Å². The van der Waals surface area contributed by atoms with Crippen LogP contribution in [0.5, 0.6) is 0 Å². The summed E-state index contributed by atoms with van der Waals surface area (Å²) in [6.07, 6.45) is 1.62. The number of nitrogens with one attached hydrogen (secondary N) is 1. The number of hydrogen-bond donors (Lipinski definition) is 1. The number of ketones is 1. The molecule has 2 aromatic carbocycles. The van der Waals surface area contributed by atoms with Crippen LogP contribution in [-0.4, -0.2) is 23.8 Å². The molecule has 0 spiro atoms. The molecule has 0 bridgehead atoms. The van der Waals surface area contributed by atoms with Crippen molar-refractivity contribution < 1.29 is 14.3 Å². The SMILES string of the molecule is COC(=O)c1ccc2[nH]cc(C(=O)C(Cl)c3ccccc3)c2c1. The topological polar surface area (TPSA) is 59.2 Å². The van der Waals surface area contributed by atoms with Gasteiger partial charge in [0.15, 0.2) is 5.78 Å². The number of rotatable bonds is 4. The second kappa shape index (κ2) is 6.26. The molecule has 0 aliphatic carbocycles. The largest absolute Gasteiger partial charge is 0.465 e. The minimum Gasteiger partial charge on any atom is -0.465 e. The Labute approximate surface area is 138 Å². The number of fused-ring (bicyclic) bond motifs is 1. The van der Waals surface area contributed by atoms with Crippen LogP contribution < -0.4 is 0 Å². The Balaban J connectivity index is 2.02. The number of halogens is 1. The van der Waals surface area contributed by atoms with Gasteiger partial charge in [-0.25, -0.2) is 4.79 Å². The third-order valence-electron chi connectivity index (χ3n) is 3.69. The summed E-state index contributed by atoms with van der Waals surface area (Å²) >= 11 is 6.32. The number of hydrogen-bond acceptors (Lipinski definition) is 3. The van der Waals surface area contributed by atoms with Crippen LogP contribution in [0.1, 0.15) is 31.7 Å². The van der Waals surface area contributed by atoms with Gasteiger partial charge >= 0.3 is 5.97 Å². The number of benzene rings is 2. The fourth-order valence-electron chi connectivity index (χ4n) is 2.48. The first kappa shape index (κ1) is 15.3. The maximum atomic E-state index is 12.7. The lowest BCUT2D eigenvalue weighted by Gasteiger charge is -2.08. The Morgan fingerprint density at radius 3 is 2.57 bits per heavy atom. The minimum absolute atomic E-state index is 0.217. The number of aromatic nitrogens is 1. The standard InChI is InChI=1S/C18H14ClNO3/c1-23-18(22)12-7-8-15-13(9-12)14(10-20-15)17(21)16(19)11-5-3-2-4-6-11/h2-10,16,20H,1H3. The average Bonchev–Trinajstić information content (AvgIpc) is 3.03. The molecule has 23 heavy (non-hydrogen) atoms. The van der Waals surface area contributed by atoms with Crippen LogP contribution in [0.15, 0.2) is 54.7 Å². The predicted octanol–water partition coefficient (Wildman–Crippen LogP) is 4.12. The van der Waals surface area contributed by atoms with Gasteiger partial charge in [0.05, 0.1) is 12.7 Å². The number of esters is 1. The summed E-state index contributed by atoms with van der Waals surface area (Å²) in [6.45, 7) is 0. The zero-order valence-corrected chi connectivity index (χ0v) is 13.1. The highest BCUT2D eigenvalue weighted by molar-refractivity contribution is 6.35. The molecule has 0 aliphatic heterocycles. The first-order valence-electron chi connectivity index (χ1n) is 7.04. The number of methoxy groups -OCH3 is 1. The highest BCUT2D eigenvalue weighted by atomic mass is 35.5. The van der Waals surface area contributed by atoms with E-state index in [0.29, 0.717) is 16.5 Å². The van der Waals surface area contributed by atoms with Crippen molar-refractivity contribution in [3.05, 3.63) is 71.4 Å². The van der Waals surface area contributed by atoms with E-state index in [0.717, 1.165) is 11.1 Å². The van der Waals surface area contributed by atoms with Gasteiger partial charge < -0.3 is 9.72 Å². The van der Waals surface area contributed by atoms with E-state index in [4.69, 9.17) is 16.3 Å². The van der Waals surface area contributed by atoms with Gasteiger partial charge in [-0.15, -0.1) is 11.6 Å². The molecule has 1 atom stereocenters. The predicted molar refractivity (Wildman–Crippen MR) is 89.0 cm³/mol. The third-order valence-corrected chi connectivity index (χ3v) is 4.14. The molecule has 3 rings (SSSR count). The molecule has 0 aliphatic rings. The molecule has 0 amide bonds. The molecule has 1 heterocycles. The van der Waals surface area contributed by atoms with E-state index < -0.39 is 11.3 Å². The van der Waals surface area contributed by atoms with Gasteiger partial charge in [-0.1, -0.05) is 30.3 Å². The van der Waals surface area contributed by atoms with Crippen LogP contribution >= 0.6 is 11.6 Å². The third kappa shape index (κ3) is 2.85. The van der Waals surface area contributed by atoms with E-state index in [9.17, 15) is 9.59 Å². The van der Waals surface area contributed by atoms with Gasteiger partial charge in [0, 0.05) is 22.7 Å². The molecule has 3 aromatic rings. The lowest BCUT2D eigenvalue weighted by atomic mass is 10.0. The number of aromatic amines is 1. The maximum Gasteiger partial charge on any atom is 0.337 e. The normalized spacial score (nSPS) is 12.1. The summed E-state index contributed by atoms with van der Waals surface area (Å²) in [5.74, 6) is -0.664. The first-order valence-corrected chi connectivity index (χ1v) is 7.48. The number of carbonyl (C=O) groups excluding carboxylic acids is 2. The molecular weight excluding hydrogens is 314 g/mol. The highest BCUT2D eigenvalue weighted by Gasteiger charge is 2.22. The smallest absolute Gasteiger partial charge is 0.337 e. The lowest BCUT2D eigenvalue weighted by molar-refractivity contribution is 0.0600. The number of alkyl halides is 1. The van der Waals surface area contributed by atoms with E-state index in [1.165, 1.54) is 7.11 Å². The van der Waals surface area contributed by atoms with Crippen LogP contribution in [0.2, 0.25) is 0 Å². The molecule has 1 unspecified atom stereocenters. The fourth-order valence-corrected chi connectivity index (χ4v) is 2.74. The van der Waals surface area contributed by atoms with Gasteiger partial charge in [0.1, 0.15) is 5.38 Å². The molecule has 0 saturated carbocycles. The van der Waals surface area contributed by atoms with Crippen molar-refractivity contribution >= 4 is 34.3 Å². The molecule has 0 saturated heterocycles. The summed E-state index contributed by atoms with van der Waals surface area (Å²) in [5.41, 5.74) is 2.34. The number of carbonyl (C=O) groups is 2. The van der Waals surface area contributed by atoms with E-state index >= 15 is 0 Å². The Hall–Kier alpha value is -2.59. The van der Waals surface area contributed by atoms with Crippen molar-refractivity contribution in [2.45, 2.75) is 5.38 Å². The summed E-state index contributed by atoms with van der Waals surface area (Å²) in [4.78, 5) is 27.4. The van der Waals surface area contributed by atoms with Crippen LogP contribution in [-0.2, 0) is 4.74 Å². The fraction of sp³-hybridized carbons (Fsp3) is 0.111. The van der Waals surface area contributed by atoms with Crippen molar-refractivity contribution in [2.75, 3.05) is 7.11 Å². The number of ether oxygens (including phenoxy) is 1. The zero-order chi connectivity index (χ0) is 16.4. The Morgan fingerprint density at radius 2 is 1.87 bits per heavy atom. The first-order chi connectivity index (χ1) is 11.1. The van der Waals surface area contributed by atoms with Gasteiger partial charge in [-0.3, -0.25) is 4.79 Å². The lowest BCUT2D eigenvalue weighted by Crippen LogP contribution is -2.07. The molecule has 1 N–H and O–H groups in total. The van der Waals surface area contributed by atoms with E-state index in [1.807, 2.05) is 30.3 Å². The van der Waals surface area contributed by atoms with Crippen molar-refractivity contribution in [1.29, 1.82) is 0 Å². The number of Topliss-reactive ketones (excluding diaryl/α,β-unsaturated/α-hetero) is 1. The van der Waals surface area contributed by atoms with Crippen LogP contribution in [0.3, 0.4) is 0 Å². The van der Waals surface area contributed by atoms with Gasteiger partial charge in [0.25, 0.3) is 0 Å². The van der Waals surface area contributed by atoms with Crippen molar-refractivity contribution in [2.24, 2.45) is 0 Å². The van der Waals surface area contributed by atoms with Crippen molar-refractivity contribution in [3.8, 4) is 0 Å². The second-order valence-corrected chi connectivity index (χ2v) is 5.53. The van der Waals surface area contributed by atoms with Crippen LogP contribution in [0, 0.1) is 0 Å². The summed E-state index contributed by atoms with van der Waals surface area (Å²) < 4.78 is 4.72. The highest BCUT2D eigenvalue weighted by Crippen LogP contribution is 2.29. The Kier molecular flexibility index (Phi) is 4.17. The minimum atomic E-state index is -0.781. The average molecular weight is 328 g/mol. The van der Waals surface area contributed by atoms with Gasteiger partial charge in [0.2, 0.25) is 0 Å². The summed E-state index contributed by atoms with van der Waals surface area (Å²) in [5, 5.41) is -0.128. The van der Waals surface area contributed by atoms with E-state index in [-0.39, 0.29) is 5.78 Å². The molecule has 0 radical (unpaired) electrons. The molecule has 5 heteroatoms. The monoisotopic (exact) mass is 327 g/mol. The molecule has 4 nitrogen and oxygen atoms in total. The molecular formula is C18H14ClNO3. The summed E-state index contributed by atoms with van der Waals surface area (Å²) in [6, 6.07) is 14.2. The Bertz CT molecular complexity index is 870. The molecule has 1 aromatic heterocycles. The van der Waals surface area contributed by atoms with Gasteiger partial charge in [-0.2, -0.15) is 0 Å².